The summed E-state index contributed by atoms with van der Waals surface area (Å²) in [6.45, 7) is 2.57. The molecular weight excluding hydrogens is 428 g/mol. The first-order valence-electron chi connectivity index (χ1n) is 11.6. The van der Waals surface area contributed by atoms with Gasteiger partial charge in [0, 0.05) is 37.2 Å². The van der Waals surface area contributed by atoms with Gasteiger partial charge in [-0.15, -0.1) is 5.10 Å². The molecule has 10 nitrogen and oxygen atoms in total. The van der Waals surface area contributed by atoms with Gasteiger partial charge >= 0.3 is 0 Å². The Bertz CT molecular complexity index is 1450. The number of nitrogens with one attached hydrogen (secondary N) is 1. The zero-order valence-corrected chi connectivity index (χ0v) is 18.6. The molecule has 5 heterocycles. The molecule has 3 aliphatic rings. The lowest BCUT2D eigenvalue weighted by molar-refractivity contribution is -0.103. The van der Waals surface area contributed by atoms with Crippen LogP contribution in [0.4, 0.5) is 0 Å². The lowest BCUT2D eigenvalue weighted by Gasteiger charge is -2.62. The monoisotopic (exact) mass is 452 g/mol. The van der Waals surface area contributed by atoms with Crippen molar-refractivity contribution in [3.63, 3.8) is 0 Å². The minimum Gasteiger partial charge on any atom is -0.312 e. The van der Waals surface area contributed by atoms with Gasteiger partial charge in [-0.25, -0.2) is 9.67 Å². The van der Waals surface area contributed by atoms with Crippen LogP contribution < -0.4 is 5.32 Å². The van der Waals surface area contributed by atoms with Crippen LogP contribution in [0.3, 0.4) is 0 Å². The third-order valence-electron chi connectivity index (χ3n) is 7.09. The van der Waals surface area contributed by atoms with Crippen molar-refractivity contribution in [2.75, 3.05) is 6.54 Å². The van der Waals surface area contributed by atoms with Gasteiger partial charge in [0.05, 0.1) is 37.0 Å². The Morgan fingerprint density at radius 1 is 1.03 bits per heavy atom. The van der Waals surface area contributed by atoms with Gasteiger partial charge < -0.3 is 9.72 Å². The van der Waals surface area contributed by atoms with Gasteiger partial charge in [0.1, 0.15) is 17.0 Å². The van der Waals surface area contributed by atoms with Crippen molar-refractivity contribution in [3.8, 4) is 16.9 Å². The summed E-state index contributed by atoms with van der Waals surface area (Å²) in [7, 11) is 0. The van der Waals surface area contributed by atoms with Crippen LogP contribution in [-0.2, 0) is 13.1 Å². The van der Waals surface area contributed by atoms with E-state index in [4.69, 9.17) is 4.98 Å². The first-order valence-corrected chi connectivity index (χ1v) is 11.6. The van der Waals surface area contributed by atoms with Crippen LogP contribution in [0.2, 0.25) is 0 Å². The predicted molar refractivity (Wildman–Crippen MR) is 124 cm³/mol. The average molecular weight is 453 g/mol. The fraction of sp³-hybridized carbons (Fsp3) is 0.333. The van der Waals surface area contributed by atoms with E-state index < -0.39 is 0 Å². The lowest BCUT2D eigenvalue weighted by atomic mass is 9.44. The molecule has 170 valence electrons. The van der Waals surface area contributed by atoms with E-state index in [1.807, 2.05) is 12.3 Å². The number of hydrogen-bond acceptors (Lipinski definition) is 7. The Morgan fingerprint density at radius 3 is 2.74 bits per heavy atom. The summed E-state index contributed by atoms with van der Waals surface area (Å²) >= 11 is 0. The summed E-state index contributed by atoms with van der Waals surface area (Å²) in [5.41, 5.74) is 6.12. The Hall–Kier alpha value is -3.92. The summed E-state index contributed by atoms with van der Waals surface area (Å²) in [6.07, 6.45) is 17.2. The second-order valence-electron chi connectivity index (χ2n) is 9.67. The molecule has 3 aliphatic carbocycles. The number of nitrogens with zero attached hydrogens (tertiary/aromatic N) is 9. The quantitative estimate of drug-likeness (QED) is 0.386. The molecule has 0 spiro atoms. The molecular formula is C24H24N10. The molecule has 1 N–H and O–H groups in total. The summed E-state index contributed by atoms with van der Waals surface area (Å²) in [4.78, 5) is 10.6. The van der Waals surface area contributed by atoms with Gasteiger partial charge in [-0.05, 0) is 48.3 Å². The average Bonchev–Trinajstić information content (AvgIpc) is 3.55. The van der Waals surface area contributed by atoms with Crippen LogP contribution in [-0.4, -0.2) is 50.9 Å². The number of fused-ring (bicyclic) bond motifs is 1. The molecule has 5 aromatic rings. The molecule has 2 bridgehead atoms. The van der Waals surface area contributed by atoms with Crippen molar-refractivity contribution in [1.29, 1.82) is 0 Å². The van der Waals surface area contributed by atoms with Crippen LogP contribution in [0.5, 0.6) is 0 Å². The van der Waals surface area contributed by atoms with E-state index in [1.165, 1.54) is 29.6 Å². The number of pyridine rings is 2. The maximum absolute atomic E-state index is 4.75. The topological polar surface area (TPSA) is 104 Å². The molecule has 0 atom stereocenters. The van der Waals surface area contributed by atoms with Gasteiger partial charge in [-0.3, -0.25) is 4.98 Å². The highest BCUT2D eigenvalue weighted by molar-refractivity contribution is 5.59. The molecule has 0 saturated heterocycles. The summed E-state index contributed by atoms with van der Waals surface area (Å²) in [5, 5.41) is 20.6. The number of rotatable bonds is 8. The second-order valence-corrected chi connectivity index (χ2v) is 9.67. The SMILES string of the molecule is c1cnn(-c2cncc(-c3cn(Cc4cn5cc(CNCC67CC(C6)C7)ccc5n4)nn3)c2)n1. The molecule has 5 aromatic heterocycles. The van der Waals surface area contributed by atoms with Crippen LogP contribution in [0, 0.1) is 11.3 Å². The highest BCUT2D eigenvalue weighted by Gasteiger charge is 2.55. The minimum atomic E-state index is 0.541. The van der Waals surface area contributed by atoms with E-state index in [9.17, 15) is 0 Å². The van der Waals surface area contributed by atoms with Crippen LogP contribution in [0.25, 0.3) is 22.6 Å². The second kappa shape index (κ2) is 7.56. The van der Waals surface area contributed by atoms with Crippen LogP contribution in [0.1, 0.15) is 30.5 Å². The zero-order chi connectivity index (χ0) is 22.5. The summed E-state index contributed by atoms with van der Waals surface area (Å²) in [5.74, 6) is 1.03. The molecule has 0 aliphatic heterocycles. The highest BCUT2D eigenvalue weighted by Crippen LogP contribution is 2.63. The summed E-state index contributed by atoms with van der Waals surface area (Å²) in [6, 6.07) is 6.17. The highest BCUT2D eigenvalue weighted by atomic mass is 15.5. The first-order chi connectivity index (χ1) is 16.7. The Morgan fingerprint density at radius 2 is 1.91 bits per heavy atom. The number of hydrogen-bond donors (Lipinski definition) is 1. The van der Waals surface area contributed by atoms with Gasteiger partial charge in [-0.2, -0.15) is 15.0 Å². The largest absolute Gasteiger partial charge is 0.312 e. The first kappa shape index (κ1) is 19.5. The van der Waals surface area contributed by atoms with Crippen molar-refractivity contribution >= 4 is 5.65 Å². The molecule has 0 radical (unpaired) electrons. The fourth-order valence-corrected chi connectivity index (χ4v) is 5.32. The Balaban J connectivity index is 1.04. The molecule has 3 saturated carbocycles. The van der Waals surface area contributed by atoms with E-state index >= 15 is 0 Å². The molecule has 0 aromatic carbocycles. The van der Waals surface area contributed by atoms with Gasteiger partial charge in [0.2, 0.25) is 0 Å². The molecule has 0 amide bonds. The minimum absolute atomic E-state index is 0.541. The molecule has 8 rings (SSSR count). The van der Waals surface area contributed by atoms with Crippen LogP contribution >= 0.6 is 0 Å². The smallest absolute Gasteiger partial charge is 0.137 e. The molecule has 34 heavy (non-hydrogen) atoms. The normalized spacial score (nSPS) is 20.9. The predicted octanol–water partition coefficient (Wildman–Crippen LogP) is 2.51. The maximum atomic E-state index is 4.75. The van der Waals surface area contributed by atoms with Crippen LogP contribution in [0.15, 0.2) is 61.6 Å². The lowest BCUT2D eigenvalue weighted by Crippen LogP contribution is -2.56. The van der Waals surface area contributed by atoms with E-state index in [0.717, 1.165) is 47.3 Å². The van der Waals surface area contributed by atoms with Gasteiger partial charge in [0.25, 0.3) is 0 Å². The van der Waals surface area contributed by atoms with Crippen molar-refractivity contribution in [2.45, 2.75) is 32.4 Å². The fourth-order valence-electron chi connectivity index (χ4n) is 5.32. The number of imidazole rings is 1. The van der Waals surface area contributed by atoms with E-state index in [1.54, 1.807) is 29.5 Å². The molecule has 0 unspecified atom stereocenters. The molecule has 3 fully saturated rings. The Labute approximate surface area is 195 Å². The van der Waals surface area contributed by atoms with Gasteiger partial charge in [0.15, 0.2) is 0 Å². The van der Waals surface area contributed by atoms with E-state index in [0.29, 0.717) is 12.0 Å². The number of aromatic nitrogens is 9. The van der Waals surface area contributed by atoms with Crippen molar-refractivity contribution < 1.29 is 0 Å². The zero-order valence-electron chi connectivity index (χ0n) is 18.6. The third-order valence-corrected chi connectivity index (χ3v) is 7.09. The third kappa shape index (κ3) is 3.47. The van der Waals surface area contributed by atoms with Crippen molar-refractivity contribution in [1.82, 2.24) is 49.7 Å². The van der Waals surface area contributed by atoms with Crippen molar-refractivity contribution in [2.24, 2.45) is 11.3 Å². The van der Waals surface area contributed by atoms with Gasteiger partial charge in [-0.1, -0.05) is 11.3 Å². The maximum Gasteiger partial charge on any atom is 0.137 e. The standard InChI is InChI=1S/C24H24N10/c1-2-23-29-20(13-32(23)12-17(1)9-26-16-24-6-18(7-24)8-24)14-33-15-22(30-31-33)19-5-21(11-25-10-19)34-27-3-4-28-34/h1-5,10-13,15,18,26H,6-9,14,16H2. The summed E-state index contributed by atoms with van der Waals surface area (Å²) < 4.78 is 3.89. The Kier molecular flexibility index (Phi) is 4.34. The van der Waals surface area contributed by atoms with E-state index in [2.05, 4.69) is 59.7 Å². The van der Waals surface area contributed by atoms with Crippen molar-refractivity contribution in [3.05, 3.63) is 72.8 Å². The van der Waals surface area contributed by atoms with E-state index in [-0.39, 0.29) is 0 Å². The molecule has 10 heteroatoms.